The summed E-state index contributed by atoms with van der Waals surface area (Å²) < 4.78 is 59.0. The summed E-state index contributed by atoms with van der Waals surface area (Å²) in [4.78, 5) is 30.1. The molecule has 47 heavy (non-hydrogen) atoms. The molecule has 11 heteroatoms. The first-order chi connectivity index (χ1) is 22.1. The van der Waals surface area contributed by atoms with E-state index in [-0.39, 0.29) is 34.0 Å². The fraction of sp³-hybridized carbons (Fsp3) is 0.250. The smallest absolute Gasteiger partial charge is 0.389 e. The number of para-hydroxylation sites is 1. The minimum atomic E-state index is -4.43. The van der Waals surface area contributed by atoms with Gasteiger partial charge in [-0.1, -0.05) is 30.3 Å². The second kappa shape index (κ2) is 14.1. The zero-order valence-electron chi connectivity index (χ0n) is 26.6. The van der Waals surface area contributed by atoms with Crippen LogP contribution in [0.3, 0.4) is 0 Å². The first-order valence-corrected chi connectivity index (χ1v) is 14.7. The Morgan fingerprint density at radius 2 is 1.57 bits per heavy atom. The molecule has 3 aromatic carbocycles. The molecule has 0 saturated heterocycles. The number of phenols is 1. The molecule has 0 saturated carbocycles. The van der Waals surface area contributed by atoms with Gasteiger partial charge >= 0.3 is 6.18 Å². The molecule has 2 aromatic heterocycles. The SMILES string of the molecule is CNC(=O)c1c(-c2ccc(F)cc2)oc2nc(CCC(F)(F)F)c(-c3cccc(C(=O)NC(C)(C)C)c3)cc12.Cc1ccccc1O. The maximum atomic E-state index is 13.5. The Bertz CT molecular complexity index is 1870. The lowest BCUT2D eigenvalue weighted by Gasteiger charge is -2.20. The normalized spacial score (nSPS) is 11.5. The van der Waals surface area contributed by atoms with E-state index in [0.29, 0.717) is 28.0 Å². The number of nitrogens with zero attached hydrogens (tertiary/aromatic N) is 1. The van der Waals surface area contributed by atoms with E-state index in [0.717, 1.165) is 5.56 Å². The van der Waals surface area contributed by atoms with Gasteiger partial charge in [0.15, 0.2) is 0 Å². The maximum Gasteiger partial charge on any atom is 0.389 e. The summed E-state index contributed by atoms with van der Waals surface area (Å²) in [6.45, 7) is 7.37. The van der Waals surface area contributed by atoms with Crippen molar-refractivity contribution in [3.8, 4) is 28.2 Å². The molecule has 3 N–H and O–H groups in total. The molecule has 7 nitrogen and oxygen atoms in total. The van der Waals surface area contributed by atoms with Gasteiger partial charge in [-0.15, -0.1) is 0 Å². The molecule has 0 unspecified atom stereocenters. The molecule has 246 valence electrons. The highest BCUT2D eigenvalue weighted by Gasteiger charge is 2.29. The molecule has 5 rings (SSSR count). The lowest BCUT2D eigenvalue weighted by Crippen LogP contribution is -2.40. The second-order valence-corrected chi connectivity index (χ2v) is 11.9. The first kappa shape index (κ1) is 34.7. The van der Waals surface area contributed by atoms with Crippen molar-refractivity contribution in [2.45, 2.75) is 52.3 Å². The van der Waals surface area contributed by atoms with Gasteiger partial charge in [-0.05, 0) is 93.8 Å². The van der Waals surface area contributed by atoms with Crippen LogP contribution in [0.25, 0.3) is 33.6 Å². The average Bonchev–Trinajstić information content (AvgIpc) is 3.38. The molecular formula is C36H35F4N3O4. The number of carbonyl (C=O) groups excluding carboxylic acids is 2. The molecule has 0 aliphatic carbocycles. The molecule has 0 atom stereocenters. The minimum Gasteiger partial charge on any atom is -0.508 e. The van der Waals surface area contributed by atoms with Crippen LogP contribution in [0.2, 0.25) is 0 Å². The molecule has 0 aliphatic rings. The predicted molar refractivity (Wildman–Crippen MR) is 173 cm³/mol. The highest BCUT2D eigenvalue weighted by Crippen LogP contribution is 2.37. The van der Waals surface area contributed by atoms with Crippen molar-refractivity contribution < 1.29 is 36.7 Å². The van der Waals surface area contributed by atoms with Crippen molar-refractivity contribution in [1.82, 2.24) is 15.6 Å². The number of alkyl halides is 3. The molecule has 0 aliphatic heterocycles. The van der Waals surface area contributed by atoms with E-state index in [9.17, 15) is 27.2 Å². The van der Waals surface area contributed by atoms with Gasteiger partial charge in [-0.25, -0.2) is 9.37 Å². The van der Waals surface area contributed by atoms with E-state index in [1.165, 1.54) is 31.3 Å². The number of carbonyl (C=O) groups is 2. The highest BCUT2D eigenvalue weighted by molar-refractivity contribution is 6.11. The van der Waals surface area contributed by atoms with Gasteiger partial charge in [0.2, 0.25) is 5.71 Å². The Balaban J connectivity index is 0.000000546. The Morgan fingerprint density at radius 1 is 0.894 bits per heavy atom. The number of halogens is 4. The van der Waals surface area contributed by atoms with Crippen LogP contribution in [0.5, 0.6) is 5.75 Å². The zero-order valence-corrected chi connectivity index (χ0v) is 26.6. The van der Waals surface area contributed by atoms with Crippen LogP contribution < -0.4 is 10.6 Å². The number of rotatable bonds is 6. The van der Waals surface area contributed by atoms with Gasteiger partial charge < -0.3 is 20.2 Å². The summed E-state index contributed by atoms with van der Waals surface area (Å²) in [6.07, 6.45) is -6.01. The fourth-order valence-electron chi connectivity index (χ4n) is 4.72. The van der Waals surface area contributed by atoms with Crippen LogP contribution in [-0.2, 0) is 6.42 Å². The van der Waals surface area contributed by atoms with E-state index in [2.05, 4.69) is 15.6 Å². The van der Waals surface area contributed by atoms with Gasteiger partial charge in [0.1, 0.15) is 17.3 Å². The van der Waals surface area contributed by atoms with Crippen LogP contribution in [0.15, 0.2) is 83.3 Å². The van der Waals surface area contributed by atoms with Crippen molar-refractivity contribution >= 4 is 22.9 Å². The lowest BCUT2D eigenvalue weighted by molar-refractivity contribution is -0.134. The van der Waals surface area contributed by atoms with Crippen molar-refractivity contribution in [2.24, 2.45) is 0 Å². The molecule has 2 amide bonds. The van der Waals surface area contributed by atoms with Crippen molar-refractivity contribution in [3.63, 3.8) is 0 Å². The number of hydrogen-bond donors (Lipinski definition) is 3. The van der Waals surface area contributed by atoms with Crippen molar-refractivity contribution in [1.29, 1.82) is 0 Å². The third-order valence-electron chi connectivity index (χ3n) is 7.01. The van der Waals surface area contributed by atoms with Gasteiger partial charge in [-0.2, -0.15) is 13.2 Å². The van der Waals surface area contributed by atoms with E-state index >= 15 is 0 Å². The minimum absolute atomic E-state index is 0.0320. The zero-order chi connectivity index (χ0) is 34.5. The Morgan fingerprint density at radius 3 is 2.15 bits per heavy atom. The molecular weight excluding hydrogens is 614 g/mol. The van der Waals surface area contributed by atoms with Crippen LogP contribution in [0, 0.1) is 12.7 Å². The number of furan rings is 1. The number of amides is 2. The van der Waals surface area contributed by atoms with Gasteiger partial charge in [0, 0.05) is 35.7 Å². The quantitative estimate of drug-likeness (QED) is 0.160. The summed E-state index contributed by atoms with van der Waals surface area (Å²) >= 11 is 0. The van der Waals surface area contributed by atoms with Crippen LogP contribution >= 0.6 is 0 Å². The molecule has 2 heterocycles. The molecule has 0 fully saturated rings. The highest BCUT2D eigenvalue weighted by atomic mass is 19.4. The van der Waals surface area contributed by atoms with Gasteiger partial charge in [0.05, 0.1) is 16.6 Å². The number of nitrogens with one attached hydrogen (secondary N) is 2. The van der Waals surface area contributed by atoms with Crippen molar-refractivity contribution in [2.75, 3.05) is 7.05 Å². The Labute approximate surface area is 269 Å². The first-order valence-electron chi connectivity index (χ1n) is 14.7. The lowest BCUT2D eigenvalue weighted by atomic mass is 9.96. The monoisotopic (exact) mass is 649 g/mol. The number of aromatic hydroxyl groups is 1. The fourth-order valence-corrected chi connectivity index (χ4v) is 4.72. The summed E-state index contributed by atoms with van der Waals surface area (Å²) in [7, 11) is 1.43. The van der Waals surface area contributed by atoms with Crippen LogP contribution in [0.1, 0.15) is 59.2 Å². The number of pyridine rings is 1. The van der Waals surface area contributed by atoms with Crippen LogP contribution in [-0.4, -0.2) is 40.7 Å². The number of benzene rings is 3. The van der Waals surface area contributed by atoms with Gasteiger partial charge in [0.25, 0.3) is 11.8 Å². The molecule has 5 aromatic rings. The molecule has 0 radical (unpaired) electrons. The van der Waals surface area contributed by atoms with Crippen LogP contribution in [0.4, 0.5) is 17.6 Å². The molecule has 0 bridgehead atoms. The summed E-state index contributed by atoms with van der Waals surface area (Å²) in [5.41, 5.74) is 2.09. The third kappa shape index (κ3) is 8.96. The maximum absolute atomic E-state index is 13.5. The predicted octanol–water partition coefficient (Wildman–Crippen LogP) is 8.38. The van der Waals surface area contributed by atoms with E-state index in [4.69, 9.17) is 9.52 Å². The number of phenolic OH excluding ortho intramolecular Hbond substituents is 1. The van der Waals surface area contributed by atoms with E-state index in [1.54, 1.807) is 36.4 Å². The van der Waals surface area contributed by atoms with E-state index < -0.39 is 36.3 Å². The standard InChI is InChI=1S/C29H27F4N3O3.C7H8O/c1-28(2,3)36-25(37)18-7-5-6-17(14-18)20-15-21-23(26(38)34-4)24(16-8-10-19(30)11-9-16)39-27(21)35-22(20)12-13-29(31,32)33;1-6-4-2-3-5-7(6)8/h5-11,14-15H,12-13H2,1-4H3,(H,34,38)(H,36,37);2-5,8H,1H3. The Kier molecular flexibility index (Phi) is 10.4. The largest absolute Gasteiger partial charge is 0.508 e. The van der Waals surface area contributed by atoms with Crippen molar-refractivity contribution in [3.05, 3.63) is 107 Å². The number of aryl methyl sites for hydroxylation is 2. The average molecular weight is 650 g/mol. The number of fused-ring (bicyclic) bond motifs is 1. The third-order valence-corrected chi connectivity index (χ3v) is 7.01. The second-order valence-electron chi connectivity index (χ2n) is 11.9. The number of hydrogen-bond acceptors (Lipinski definition) is 5. The molecule has 0 spiro atoms. The summed E-state index contributed by atoms with van der Waals surface area (Å²) in [5, 5.41) is 14.6. The summed E-state index contributed by atoms with van der Waals surface area (Å²) in [5.74, 6) is -0.867. The van der Waals surface area contributed by atoms with Gasteiger partial charge in [-0.3, -0.25) is 9.59 Å². The summed E-state index contributed by atoms with van der Waals surface area (Å²) in [6, 6.07) is 20.5. The number of aromatic nitrogens is 1. The topological polar surface area (TPSA) is 104 Å². The Hall–Kier alpha value is -5.19. The van der Waals surface area contributed by atoms with E-state index in [1.807, 2.05) is 45.9 Å².